The van der Waals surface area contributed by atoms with E-state index in [9.17, 15) is 4.39 Å². The number of benzene rings is 1. The molecule has 0 N–H and O–H groups in total. The maximum absolute atomic E-state index is 12.7. The Morgan fingerprint density at radius 2 is 2.13 bits per heavy atom. The Labute approximate surface area is 90.0 Å². The lowest BCUT2D eigenvalue weighted by Crippen LogP contribution is -2.00. The molecule has 0 bridgehead atoms. The average Bonchev–Trinajstić information content (AvgIpc) is 2.23. The predicted octanol–water partition coefficient (Wildman–Crippen LogP) is 2.82. The van der Waals surface area contributed by atoms with Crippen molar-refractivity contribution in [2.75, 3.05) is 19.8 Å². The standard InChI is InChI=1S/C12H16FO2/c1-2-14-8-3-4-9-15-12-7-5-6-11(13)10-12/h5,7,10H,2-4,8-9H2,1H3. The van der Waals surface area contributed by atoms with E-state index >= 15 is 0 Å². The van der Waals surface area contributed by atoms with Gasteiger partial charge in [0.2, 0.25) is 0 Å². The lowest BCUT2D eigenvalue weighted by atomic mass is 10.3. The maximum atomic E-state index is 12.7. The van der Waals surface area contributed by atoms with Crippen LogP contribution < -0.4 is 4.74 Å². The third-order valence-corrected chi connectivity index (χ3v) is 1.89. The maximum Gasteiger partial charge on any atom is 0.134 e. The Morgan fingerprint density at radius 3 is 2.87 bits per heavy atom. The summed E-state index contributed by atoms with van der Waals surface area (Å²) in [6.07, 6.45) is 1.88. The van der Waals surface area contributed by atoms with Gasteiger partial charge in [0, 0.05) is 25.3 Å². The number of ether oxygens (including phenoxy) is 2. The van der Waals surface area contributed by atoms with Crippen molar-refractivity contribution >= 4 is 0 Å². The highest BCUT2D eigenvalue weighted by Gasteiger charge is 1.95. The highest BCUT2D eigenvalue weighted by Crippen LogP contribution is 2.11. The van der Waals surface area contributed by atoms with Gasteiger partial charge in [0.1, 0.15) is 11.6 Å². The van der Waals surface area contributed by atoms with Crippen LogP contribution in [0.2, 0.25) is 0 Å². The Bertz CT molecular complexity index is 276. The van der Waals surface area contributed by atoms with E-state index in [0.29, 0.717) is 12.4 Å². The van der Waals surface area contributed by atoms with E-state index in [0.717, 1.165) is 26.1 Å². The number of hydrogen-bond acceptors (Lipinski definition) is 2. The molecule has 83 valence electrons. The number of rotatable bonds is 7. The van der Waals surface area contributed by atoms with Gasteiger partial charge in [-0.15, -0.1) is 0 Å². The highest BCUT2D eigenvalue weighted by atomic mass is 19.1. The van der Waals surface area contributed by atoms with Gasteiger partial charge >= 0.3 is 0 Å². The van der Waals surface area contributed by atoms with Crippen LogP contribution in [-0.2, 0) is 4.74 Å². The minimum atomic E-state index is -0.387. The molecule has 0 spiro atoms. The van der Waals surface area contributed by atoms with E-state index in [-0.39, 0.29) is 5.82 Å². The van der Waals surface area contributed by atoms with Gasteiger partial charge in [-0.1, -0.05) is 0 Å². The molecule has 0 aliphatic heterocycles. The Balaban J connectivity index is 2.10. The summed E-state index contributed by atoms with van der Waals surface area (Å²) in [4.78, 5) is 0. The second kappa shape index (κ2) is 7.23. The molecule has 0 amide bonds. The van der Waals surface area contributed by atoms with Crippen molar-refractivity contribution in [3.63, 3.8) is 0 Å². The van der Waals surface area contributed by atoms with Crippen LogP contribution in [0.25, 0.3) is 0 Å². The lowest BCUT2D eigenvalue weighted by Gasteiger charge is -2.05. The van der Waals surface area contributed by atoms with E-state index < -0.39 is 0 Å². The summed E-state index contributed by atoms with van der Waals surface area (Å²) < 4.78 is 23.2. The summed E-state index contributed by atoms with van der Waals surface area (Å²) in [7, 11) is 0. The molecule has 1 radical (unpaired) electrons. The van der Waals surface area contributed by atoms with Crippen LogP contribution in [0.15, 0.2) is 18.2 Å². The van der Waals surface area contributed by atoms with Crippen molar-refractivity contribution < 1.29 is 13.9 Å². The first-order valence-electron chi connectivity index (χ1n) is 5.20. The summed E-state index contributed by atoms with van der Waals surface area (Å²) in [6.45, 7) is 4.08. The SMILES string of the molecule is CCOCCCCOc1cc[c]c(F)c1. The van der Waals surface area contributed by atoms with Gasteiger partial charge in [0.25, 0.3) is 0 Å². The van der Waals surface area contributed by atoms with Crippen molar-refractivity contribution in [3.8, 4) is 5.75 Å². The van der Waals surface area contributed by atoms with Crippen molar-refractivity contribution in [2.45, 2.75) is 19.8 Å². The van der Waals surface area contributed by atoms with Crippen LogP contribution >= 0.6 is 0 Å². The van der Waals surface area contributed by atoms with Gasteiger partial charge in [0.15, 0.2) is 0 Å². The van der Waals surface area contributed by atoms with Gasteiger partial charge in [-0.05, 0) is 31.9 Å². The van der Waals surface area contributed by atoms with Crippen molar-refractivity contribution in [1.29, 1.82) is 0 Å². The molecule has 15 heavy (non-hydrogen) atoms. The molecule has 0 atom stereocenters. The number of halogens is 1. The molecule has 0 aliphatic carbocycles. The smallest absolute Gasteiger partial charge is 0.134 e. The second-order valence-electron chi connectivity index (χ2n) is 3.12. The first kappa shape index (κ1) is 12.0. The Hall–Kier alpha value is -1.09. The van der Waals surface area contributed by atoms with Gasteiger partial charge < -0.3 is 9.47 Å². The van der Waals surface area contributed by atoms with Crippen LogP contribution in [0.3, 0.4) is 0 Å². The Morgan fingerprint density at radius 1 is 1.33 bits per heavy atom. The largest absolute Gasteiger partial charge is 0.493 e. The molecule has 0 heterocycles. The molecule has 1 aromatic rings. The summed E-state index contributed by atoms with van der Waals surface area (Å²) in [6, 6.07) is 6.98. The van der Waals surface area contributed by atoms with Crippen LogP contribution in [-0.4, -0.2) is 19.8 Å². The summed E-state index contributed by atoms with van der Waals surface area (Å²) >= 11 is 0. The molecule has 1 rings (SSSR count). The predicted molar refractivity (Wildman–Crippen MR) is 56.5 cm³/mol. The summed E-state index contributed by atoms with van der Waals surface area (Å²) in [5.41, 5.74) is 0. The normalized spacial score (nSPS) is 10.3. The van der Waals surface area contributed by atoms with E-state index in [1.165, 1.54) is 12.1 Å². The van der Waals surface area contributed by atoms with Gasteiger partial charge in [-0.25, -0.2) is 4.39 Å². The fraction of sp³-hybridized carbons (Fsp3) is 0.500. The third kappa shape index (κ3) is 5.37. The first-order valence-corrected chi connectivity index (χ1v) is 5.20. The zero-order valence-electron chi connectivity index (χ0n) is 8.96. The molecule has 1 aromatic carbocycles. The molecule has 3 heteroatoms. The zero-order chi connectivity index (χ0) is 10.9. The molecular weight excluding hydrogens is 195 g/mol. The molecule has 0 fully saturated rings. The van der Waals surface area contributed by atoms with Crippen LogP contribution in [0.1, 0.15) is 19.8 Å². The van der Waals surface area contributed by atoms with Crippen LogP contribution in [0, 0.1) is 11.9 Å². The van der Waals surface area contributed by atoms with Crippen molar-refractivity contribution in [2.24, 2.45) is 0 Å². The van der Waals surface area contributed by atoms with E-state index in [1.54, 1.807) is 6.07 Å². The van der Waals surface area contributed by atoms with Gasteiger partial charge in [-0.2, -0.15) is 0 Å². The minimum absolute atomic E-state index is 0.387. The second-order valence-corrected chi connectivity index (χ2v) is 3.12. The summed E-state index contributed by atoms with van der Waals surface area (Å²) in [5, 5.41) is 0. The quantitative estimate of drug-likeness (QED) is 0.646. The minimum Gasteiger partial charge on any atom is -0.493 e. The first-order chi connectivity index (χ1) is 7.33. The van der Waals surface area contributed by atoms with Gasteiger partial charge in [-0.3, -0.25) is 0 Å². The summed E-state index contributed by atoms with van der Waals surface area (Å²) in [5.74, 6) is 0.171. The lowest BCUT2D eigenvalue weighted by molar-refractivity contribution is 0.138. The molecule has 0 saturated carbocycles. The molecule has 0 aromatic heterocycles. The molecular formula is C12H16FO2. The van der Waals surface area contributed by atoms with E-state index in [1.807, 2.05) is 6.92 Å². The fourth-order valence-electron chi connectivity index (χ4n) is 1.15. The molecule has 0 saturated heterocycles. The van der Waals surface area contributed by atoms with Gasteiger partial charge in [0.05, 0.1) is 6.61 Å². The fourth-order valence-corrected chi connectivity index (χ4v) is 1.15. The monoisotopic (exact) mass is 211 g/mol. The third-order valence-electron chi connectivity index (χ3n) is 1.89. The van der Waals surface area contributed by atoms with Crippen molar-refractivity contribution in [1.82, 2.24) is 0 Å². The van der Waals surface area contributed by atoms with Crippen molar-refractivity contribution in [3.05, 3.63) is 30.1 Å². The molecule has 2 nitrogen and oxygen atoms in total. The number of hydrogen-bond donors (Lipinski definition) is 0. The Kier molecular flexibility index (Phi) is 5.78. The number of unbranched alkanes of at least 4 members (excludes halogenated alkanes) is 1. The van der Waals surface area contributed by atoms with Crippen LogP contribution in [0.5, 0.6) is 5.75 Å². The van der Waals surface area contributed by atoms with E-state index in [2.05, 4.69) is 6.07 Å². The van der Waals surface area contributed by atoms with Crippen LogP contribution in [0.4, 0.5) is 4.39 Å². The highest BCUT2D eigenvalue weighted by molar-refractivity contribution is 5.21. The van der Waals surface area contributed by atoms with E-state index in [4.69, 9.17) is 9.47 Å². The average molecular weight is 211 g/mol. The molecule has 0 unspecified atom stereocenters. The topological polar surface area (TPSA) is 18.5 Å². The molecule has 0 aliphatic rings. The zero-order valence-corrected chi connectivity index (χ0v) is 8.96.